The molecule has 0 saturated carbocycles. The van der Waals surface area contributed by atoms with Gasteiger partial charge in [0.2, 0.25) is 11.8 Å². The number of rotatable bonds is 5. The normalized spacial score (nSPS) is 18.3. The number of thioether (sulfide) groups is 1. The predicted octanol–water partition coefficient (Wildman–Crippen LogP) is 3.79. The SMILES string of the molecule is CCC(=O)N1CCN(c2cc(Cl)nc(SCC(=O)N3c4ccc(F)cc4CCC3C)n2)CC1. The Morgan fingerprint density at radius 3 is 2.64 bits per heavy atom. The first kappa shape index (κ1) is 23.8. The average Bonchev–Trinajstić information content (AvgIpc) is 2.82. The van der Waals surface area contributed by atoms with Crippen molar-refractivity contribution in [2.45, 2.75) is 44.3 Å². The number of hydrogen-bond acceptors (Lipinski definition) is 6. The molecule has 1 saturated heterocycles. The standard InChI is InChI=1S/C23H27ClFN5O2S/c1-3-21(31)29-10-8-28(9-11-29)20-13-19(24)26-23(27-20)33-14-22(32)30-15(2)4-5-16-12-17(25)6-7-18(16)30/h6-7,12-13,15H,3-5,8-11,14H2,1-2H3. The van der Waals surface area contributed by atoms with Crippen molar-refractivity contribution in [3.63, 3.8) is 0 Å². The Morgan fingerprint density at radius 2 is 1.91 bits per heavy atom. The number of hydrogen-bond donors (Lipinski definition) is 0. The third-order valence-corrected chi connectivity index (χ3v) is 7.11. The predicted molar refractivity (Wildman–Crippen MR) is 129 cm³/mol. The molecule has 0 bridgehead atoms. The highest BCUT2D eigenvalue weighted by Crippen LogP contribution is 2.32. The van der Waals surface area contributed by atoms with E-state index in [1.165, 1.54) is 23.9 Å². The summed E-state index contributed by atoms with van der Waals surface area (Å²) in [6.45, 7) is 6.49. The zero-order chi connectivity index (χ0) is 23.5. The first-order valence-electron chi connectivity index (χ1n) is 11.2. The molecule has 0 radical (unpaired) electrons. The highest BCUT2D eigenvalue weighted by atomic mass is 35.5. The Morgan fingerprint density at radius 1 is 1.15 bits per heavy atom. The van der Waals surface area contributed by atoms with E-state index >= 15 is 0 Å². The molecule has 10 heteroatoms. The molecule has 1 atom stereocenters. The number of anilines is 2. The Labute approximate surface area is 202 Å². The quantitative estimate of drug-likeness (QED) is 0.360. The fraction of sp³-hybridized carbons (Fsp3) is 0.478. The lowest BCUT2D eigenvalue weighted by Gasteiger charge is -2.35. The summed E-state index contributed by atoms with van der Waals surface area (Å²) in [5, 5.41) is 0.746. The molecule has 7 nitrogen and oxygen atoms in total. The molecule has 3 heterocycles. The van der Waals surface area contributed by atoms with Crippen LogP contribution in [-0.4, -0.2) is 64.7 Å². The second-order valence-electron chi connectivity index (χ2n) is 8.27. The summed E-state index contributed by atoms with van der Waals surface area (Å²) in [6, 6.07) is 6.33. The van der Waals surface area contributed by atoms with Crippen molar-refractivity contribution in [2.75, 3.05) is 41.7 Å². The summed E-state index contributed by atoms with van der Waals surface area (Å²) >= 11 is 7.49. The largest absolute Gasteiger partial charge is 0.353 e. The molecule has 0 aliphatic carbocycles. The van der Waals surface area contributed by atoms with E-state index in [2.05, 4.69) is 14.9 Å². The van der Waals surface area contributed by atoms with Gasteiger partial charge in [-0.15, -0.1) is 0 Å². The van der Waals surface area contributed by atoms with Crippen LogP contribution in [0.15, 0.2) is 29.4 Å². The summed E-state index contributed by atoms with van der Waals surface area (Å²) < 4.78 is 13.6. The van der Waals surface area contributed by atoms with E-state index in [1.807, 2.05) is 18.7 Å². The molecule has 1 aromatic heterocycles. The number of piperazine rings is 1. The van der Waals surface area contributed by atoms with Crippen molar-refractivity contribution in [1.82, 2.24) is 14.9 Å². The summed E-state index contributed by atoms with van der Waals surface area (Å²) in [7, 11) is 0. The van der Waals surface area contributed by atoms with Crippen LogP contribution in [0.2, 0.25) is 5.15 Å². The number of benzene rings is 1. The number of fused-ring (bicyclic) bond motifs is 1. The van der Waals surface area contributed by atoms with Crippen molar-refractivity contribution < 1.29 is 14.0 Å². The van der Waals surface area contributed by atoms with Crippen LogP contribution < -0.4 is 9.80 Å². The highest BCUT2D eigenvalue weighted by molar-refractivity contribution is 7.99. The zero-order valence-electron chi connectivity index (χ0n) is 18.8. The maximum Gasteiger partial charge on any atom is 0.237 e. The number of aryl methyl sites for hydroxylation is 1. The highest BCUT2D eigenvalue weighted by Gasteiger charge is 2.29. The van der Waals surface area contributed by atoms with Gasteiger partial charge < -0.3 is 14.7 Å². The van der Waals surface area contributed by atoms with Crippen molar-refractivity contribution in [3.05, 3.63) is 40.8 Å². The maximum atomic E-state index is 13.6. The molecule has 1 aromatic carbocycles. The number of amides is 2. The van der Waals surface area contributed by atoms with Gasteiger partial charge in [-0.25, -0.2) is 14.4 Å². The van der Waals surface area contributed by atoms with E-state index in [9.17, 15) is 14.0 Å². The third kappa shape index (κ3) is 5.41. The molecule has 1 unspecified atom stereocenters. The third-order valence-electron chi connectivity index (χ3n) is 6.09. The van der Waals surface area contributed by atoms with E-state index in [0.717, 1.165) is 24.1 Å². The van der Waals surface area contributed by atoms with Crippen LogP contribution in [0.25, 0.3) is 0 Å². The monoisotopic (exact) mass is 491 g/mol. The van der Waals surface area contributed by atoms with Gasteiger partial charge in [-0.05, 0) is 43.5 Å². The second-order valence-corrected chi connectivity index (χ2v) is 9.60. The van der Waals surface area contributed by atoms with Gasteiger partial charge in [0, 0.05) is 50.4 Å². The van der Waals surface area contributed by atoms with Crippen LogP contribution in [0.3, 0.4) is 0 Å². The summed E-state index contributed by atoms with van der Waals surface area (Å²) in [4.78, 5) is 39.6. The van der Waals surface area contributed by atoms with Gasteiger partial charge >= 0.3 is 0 Å². The zero-order valence-corrected chi connectivity index (χ0v) is 20.3. The van der Waals surface area contributed by atoms with Crippen LogP contribution in [-0.2, 0) is 16.0 Å². The van der Waals surface area contributed by atoms with Gasteiger partial charge in [0.1, 0.15) is 16.8 Å². The molecule has 2 amide bonds. The lowest BCUT2D eigenvalue weighted by Crippen LogP contribution is -2.48. The Hall–Kier alpha value is -2.39. The van der Waals surface area contributed by atoms with Gasteiger partial charge in [-0.3, -0.25) is 9.59 Å². The van der Waals surface area contributed by atoms with Crippen LogP contribution >= 0.6 is 23.4 Å². The number of carbonyl (C=O) groups excluding carboxylic acids is 2. The van der Waals surface area contributed by atoms with E-state index < -0.39 is 0 Å². The molecule has 1 fully saturated rings. The number of aromatic nitrogens is 2. The van der Waals surface area contributed by atoms with Crippen LogP contribution in [0.1, 0.15) is 32.3 Å². The molecule has 2 aliphatic heterocycles. The van der Waals surface area contributed by atoms with Crippen molar-refractivity contribution >= 4 is 46.7 Å². The molecular formula is C23H27ClFN5O2S. The minimum absolute atomic E-state index is 0.0361. The van der Waals surface area contributed by atoms with Crippen LogP contribution in [0.5, 0.6) is 0 Å². The smallest absolute Gasteiger partial charge is 0.237 e. The first-order chi connectivity index (χ1) is 15.9. The molecule has 4 rings (SSSR count). The average molecular weight is 492 g/mol. The lowest BCUT2D eigenvalue weighted by molar-refractivity contribution is -0.131. The van der Waals surface area contributed by atoms with Crippen molar-refractivity contribution in [1.29, 1.82) is 0 Å². The minimum Gasteiger partial charge on any atom is -0.353 e. The molecule has 176 valence electrons. The second kappa shape index (κ2) is 10.3. The minimum atomic E-state index is -0.287. The van der Waals surface area contributed by atoms with Gasteiger partial charge in [0.15, 0.2) is 5.16 Å². The van der Waals surface area contributed by atoms with Gasteiger partial charge in [0.05, 0.1) is 5.75 Å². The molecule has 2 aliphatic rings. The molecular weight excluding hydrogens is 465 g/mol. The Bertz CT molecular complexity index is 1050. The van der Waals surface area contributed by atoms with E-state index in [4.69, 9.17) is 11.6 Å². The van der Waals surface area contributed by atoms with E-state index in [1.54, 1.807) is 17.0 Å². The van der Waals surface area contributed by atoms with Crippen LogP contribution in [0, 0.1) is 5.82 Å². The summed E-state index contributed by atoms with van der Waals surface area (Å²) in [5.41, 5.74) is 1.63. The molecule has 2 aromatic rings. The van der Waals surface area contributed by atoms with Crippen molar-refractivity contribution in [3.8, 4) is 0 Å². The van der Waals surface area contributed by atoms with E-state index in [0.29, 0.717) is 48.7 Å². The lowest BCUT2D eigenvalue weighted by atomic mass is 9.96. The summed E-state index contributed by atoms with van der Waals surface area (Å²) in [5.74, 6) is 0.642. The topological polar surface area (TPSA) is 69.6 Å². The fourth-order valence-electron chi connectivity index (χ4n) is 4.32. The number of nitrogens with zero attached hydrogens (tertiary/aromatic N) is 5. The molecule has 33 heavy (non-hydrogen) atoms. The van der Waals surface area contributed by atoms with Gasteiger partial charge in [0.25, 0.3) is 0 Å². The van der Waals surface area contributed by atoms with Crippen molar-refractivity contribution in [2.24, 2.45) is 0 Å². The van der Waals surface area contributed by atoms with Crippen LogP contribution in [0.4, 0.5) is 15.9 Å². The Kier molecular flexibility index (Phi) is 7.38. The summed E-state index contributed by atoms with van der Waals surface area (Å²) in [6.07, 6.45) is 2.05. The first-order valence-corrected chi connectivity index (χ1v) is 12.5. The molecule has 0 spiro atoms. The Balaban J connectivity index is 1.43. The maximum absolute atomic E-state index is 13.6. The van der Waals surface area contributed by atoms with Gasteiger partial charge in [-0.1, -0.05) is 30.3 Å². The van der Waals surface area contributed by atoms with E-state index in [-0.39, 0.29) is 29.4 Å². The fourth-order valence-corrected chi connectivity index (χ4v) is 5.26. The van der Waals surface area contributed by atoms with Gasteiger partial charge in [-0.2, -0.15) is 0 Å². The molecule has 0 N–H and O–H groups in total. The number of halogens is 2. The number of carbonyl (C=O) groups is 2.